The van der Waals surface area contributed by atoms with Gasteiger partial charge in [-0.1, -0.05) is 15.9 Å². The zero-order valence-corrected chi connectivity index (χ0v) is 12.1. The van der Waals surface area contributed by atoms with E-state index in [0.717, 1.165) is 37.1 Å². The van der Waals surface area contributed by atoms with E-state index in [0.29, 0.717) is 11.7 Å². The topological polar surface area (TPSA) is 27.3 Å². The molecule has 1 aliphatic rings. The van der Waals surface area contributed by atoms with E-state index in [1.54, 1.807) is 12.1 Å². The fourth-order valence-corrected chi connectivity index (χ4v) is 2.55. The molecule has 0 spiro atoms. The maximum Gasteiger partial charge on any atom is 0.146 e. The fraction of sp³-hybridized carbons (Fsp3) is 0.538. The molecule has 2 N–H and O–H groups in total. The quantitative estimate of drug-likeness (QED) is 0.892. The smallest absolute Gasteiger partial charge is 0.146 e. The number of nitrogens with one attached hydrogen (secondary N) is 2. The number of piperazine rings is 1. The molecule has 1 unspecified atom stereocenters. The Bertz CT molecular complexity index is 400. The lowest BCUT2D eigenvalue weighted by Gasteiger charge is -2.33. The molecule has 1 aromatic rings. The lowest BCUT2D eigenvalue weighted by Crippen LogP contribution is -2.49. The molecule has 1 fully saturated rings. The summed E-state index contributed by atoms with van der Waals surface area (Å²) in [5.41, 5.74) is 0.566. The summed E-state index contributed by atoms with van der Waals surface area (Å²) in [6.45, 7) is 3.93. The standard InChI is InChI=1S/C13H19BrFN3/c1-18-7-6-16-9-11(18)4-5-17-13-8-10(14)2-3-12(13)15/h2-3,8,11,16-17H,4-7,9H2,1H3. The zero-order valence-electron chi connectivity index (χ0n) is 10.5. The molecule has 0 aromatic heterocycles. The summed E-state index contributed by atoms with van der Waals surface area (Å²) in [6, 6.07) is 5.49. The van der Waals surface area contributed by atoms with Gasteiger partial charge in [-0.2, -0.15) is 0 Å². The molecule has 1 atom stereocenters. The molecular weight excluding hydrogens is 297 g/mol. The van der Waals surface area contributed by atoms with E-state index in [4.69, 9.17) is 0 Å². The monoisotopic (exact) mass is 315 g/mol. The van der Waals surface area contributed by atoms with Crippen LogP contribution in [0, 0.1) is 5.82 Å². The number of hydrogen-bond donors (Lipinski definition) is 2. The second kappa shape index (κ2) is 6.50. The van der Waals surface area contributed by atoms with Gasteiger partial charge in [-0.15, -0.1) is 0 Å². The van der Waals surface area contributed by atoms with E-state index in [9.17, 15) is 4.39 Å². The van der Waals surface area contributed by atoms with E-state index in [2.05, 4.69) is 38.5 Å². The van der Waals surface area contributed by atoms with Gasteiger partial charge < -0.3 is 15.5 Å². The summed E-state index contributed by atoms with van der Waals surface area (Å²) >= 11 is 3.35. The van der Waals surface area contributed by atoms with Gasteiger partial charge in [0.2, 0.25) is 0 Å². The minimum atomic E-state index is -0.201. The van der Waals surface area contributed by atoms with Gasteiger partial charge in [0.1, 0.15) is 5.82 Å². The zero-order chi connectivity index (χ0) is 13.0. The number of anilines is 1. The minimum absolute atomic E-state index is 0.201. The lowest BCUT2D eigenvalue weighted by atomic mass is 10.1. The Morgan fingerprint density at radius 2 is 2.39 bits per heavy atom. The Balaban J connectivity index is 1.82. The van der Waals surface area contributed by atoms with Crippen molar-refractivity contribution in [3.63, 3.8) is 0 Å². The largest absolute Gasteiger partial charge is 0.383 e. The number of nitrogens with zero attached hydrogens (tertiary/aromatic N) is 1. The SMILES string of the molecule is CN1CCNCC1CCNc1cc(Br)ccc1F. The van der Waals surface area contributed by atoms with Crippen molar-refractivity contribution in [2.45, 2.75) is 12.5 Å². The first-order chi connectivity index (χ1) is 8.66. The normalized spacial score (nSPS) is 20.9. The summed E-state index contributed by atoms with van der Waals surface area (Å²) in [4.78, 5) is 2.36. The molecule has 0 amide bonds. The van der Waals surface area contributed by atoms with Gasteiger partial charge in [-0.25, -0.2) is 4.39 Å². The van der Waals surface area contributed by atoms with Crippen LogP contribution in [-0.2, 0) is 0 Å². The minimum Gasteiger partial charge on any atom is -0.383 e. The molecule has 0 bridgehead atoms. The van der Waals surface area contributed by atoms with Crippen molar-refractivity contribution < 1.29 is 4.39 Å². The van der Waals surface area contributed by atoms with Gasteiger partial charge in [-0.3, -0.25) is 0 Å². The first-order valence-electron chi connectivity index (χ1n) is 6.26. The van der Waals surface area contributed by atoms with Gasteiger partial charge in [0, 0.05) is 36.7 Å². The van der Waals surface area contributed by atoms with Gasteiger partial charge in [0.25, 0.3) is 0 Å². The third-order valence-corrected chi connectivity index (χ3v) is 3.86. The molecule has 1 saturated heterocycles. The van der Waals surface area contributed by atoms with Crippen molar-refractivity contribution in [1.82, 2.24) is 10.2 Å². The Morgan fingerprint density at radius 3 is 3.17 bits per heavy atom. The number of halogens is 2. The van der Waals surface area contributed by atoms with Crippen molar-refractivity contribution in [3.8, 4) is 0 Å². The number of likely N-dealkylation sites (N-methyl/N-ethyl adjacent to an activating group) is 1. The van der Waals surface area contributed by atoms with E-state index >= 15 is 0 Å². The van der Waals surface area contributed by atoms with Crippen LogP contribution in [-0.4, -0.2) is 44.2 Å². The molecule has 1 aliphatic heterocycles. The second-order valence-corrected chi connectivity index (χ2v) is 5.59. The van der Waals surface area contributed by atoms with Crippen LogP contribution in [0.1, 0.15) is 6.42 Å². The highest BCUT2D eigenvalue weighted by molar-refractivity contribution is 9.10. The molecule has 5 heteroatoms. The highest BCUT2D eigenvalue weighted by Crippen LogP contribution is 2.20. The van der Waals surface area contributed by atoms with Crippen LogP contribution in [0.5, 0.6) is 0 Å². The molecule has 0 aliphatic carbocycles. The van der Waals surface area contributed by atoms with Crippen molar-refractivity contribution in [1.29, 1.82) is 0 Å². The molecule has 100 valence electrons. The predicted octanol–water partition coefficient (Wildman–Crippen LogP) is 2.29. The highest BCUT2D eigenvalue weighted by atomic mass is 79.9. The third-order valence-electron chi connectivity index (χ3n) is 3.37. The first-order valence-corrected chi connectivity index (χ1v) is 7.06. The van der Waals surface area contributed by atoms with Gasteiger partial charge in [-0.05, 0) is 31.7 Å². The lowest BCUT2D eigenvalue weighted by molar-refractivity contribution is 0.194. The van der Waals surface area contributed by atoms with Crippen molar-refractivity contribution in [2.24, 2.45) is 0 Å². The van der Waals surface area contributed by atoms with Crippen LogP contribution in [0.2, 0.25) is 0 Å². The Hall–Kier alpha value is -0.650. The summed E-state index contributed by atoms with van der Waals surface area (Å²) < 4.78 is 14.4. The number of rotatable bonds is 4. The van der Waals surface area contributed by atoms with Crippen LogP contribution >= 0.6 is 15.9 Å². The summed E-state index contributed by atoms with van der Waals surface area (Å²) in [7, 11) is 2.14. The summed E-state index contributed by atoms with van der Waals surface area (Å²) in [6.07, 6.45) is 1.01. The van der Waals surface area contributed by atoms with E-state index in [-0.39, 0.29) is 5.82 Å². The molecule has 0 saturated carbocycles. The first kappa shape index (κ1) is 13.8. The maximum absolute atomic E-state index is 13.5. The average molecular weight is 316 g/mol. The number of benzene rings is 1. The van der Waals surface area contributed by atoms with E-state index in [1.165, 1.54) is 6.07 Å². The summed E-state index contributed by atoms with van der Waals surface area (Å²) in [5, 5.41) is 6.55. The van der Waals surface area contributed by atoms with Crippen LogP contribution < -0.4 is 10.6 Å². The van der Waals surface area contributed by atoms with E-state index < -0.39 is 0 Å². The fourth-order valence-electron chi connectivity index (χ4n) is 2.19. The molecule has 0 radical (unpaired) electrons. The van der Waals surface area contributed by atoms with Crippen LogP contribution in [0.4, 0.5) is 10.1 Å². The van der Waals surface area contributed by atoms with Crippen molar-refractivity contribution in [3.05, 3.63) is 28.5 Å². The Kier molecular flexibility index (Phi) is 4.97. The van der Waals surface area contributed by atoms with Crippen molar-refractivity contribution in [2.75, 3.05) is 38.5 Å². The van der Waals surface area contributed by atoms with Crippen LogP contribution in [0.25, 0.3) is 0 Å². The molecular formula is C13H19BrFN3. The average Bonchev–Trinajstić information content (AvgIpc) is 2.36. The summed E-state index contributed by atoms with van der Waals surface area (Å²) in [5.74, 6) is -0.201. The molecule has 1 heterocycles. The number of hydrogen-bond acceptors (Lipinski definition) is 3. The molecule has 2 rings (SSSR count). The highest BCUT2D eigenvalue weighted by Gasteiger charge is 2.17. The molecule has 18 heavy (non-hydrogen) atoms. The van der Waals surface area contributed by atoms with Crippen molar-refractivity contribution >= 4 is 21.6 Å². The predicted molar refractivity (Wildman–Crippen MR) is 76.5 cm³/mol. The maximum atomic E-state index is 13.5. The Morgan fingerprint density at radius 1 is 1.56 bits per heavy atom. The van der Waals surface area contributed by atoms with Gasteiger partial charge >= 0.3 is 0 Å². The molecule has 1 aromatic carbocycles. The second-order valence-electron chi connectivity index (χ2n) is 4.68. The third kappa shape index (κ3) is 3.67. The van der Waals surface area contributed by atoms with Crippen LogP contribution in [0.15, 0.2) is 22.7 Å². The van der Waals surface area contributed by atoms with E-state index in [1.807, 2.05) is 0 Å². The van der Waals surface area contributed by atoms with Crippen LogP contribution in [0.3, 0.4) is 0 Å². The van der Waals surface area contributed by atoms with Gasteiger partial charge in [0.15, 0.2) is 0 Å². The molecule has 3 nitrogen and oxygen atoms in total. The Labute approximate surface area is 116 Å². The van der Waals surface area contributed by atoms with Gasteiger partial charge in [0.05, 0.1) is 5.69 Å².